The van der Waals surface area contributed by atoms with Crippen LogP contribution < -0.4 is 4.74 Å². The van der Waals surface area contributed by atoms with Crippen LogP contribution in [0.1, 0.15) is 28.8 Å². The van der Waals surface area contributed by atoms with E-state index >= 15 is 0 Å². The Labute approximate surface area is 161 Å². The number of rotatable bonds is 3. The van der Waals surface area contributed by atoms with Crippen LogP contribution in [0.3, 0.4) is 0 Å². The van der Waals surface area contributed by atoms with Crippen molar-refractivity contribution in [3.8, 4) is 11.8 Å². The second-order valence-corrected chi connectivity index (χ2v) is 7.18. The first-order valence-electron chi connectivity index (χ1n) is 8.98. The molecule has 0 spiro atoms. The van der Waals surface area contributed by atoms with Gasteiger partial charge in [0.1, 0.15) is 18.4 Å². The Hall–Kier alpha value is -3.03. The van der Waals surface area contributed by atoms with Crippen molar-refractivity contribution in [1.82, 2.24) is 9.38 Å². The summed E-state index contributed by atoms with van der Waals surface area (Å²) in [5.74, 6) is 0.771. The molecule has 5 heteroatoms. The molecular weight excluding hydrogens is 358 g/mol. The van der Waals surface area contributed by atoms with Gasteiger partial charge in [0.25, 0.3) is 0 Å². The van der Waals surface area contributed by atoms with Crippen LogP contribution in [0.2, 0.25) is 5.02 Å². The molecule has 0 aliphatic heterocycles. The lowest BCUT2D eigenvalue weighted by Crippen LogP contribution is -2.09. The van der Waals surface area contributed by atoms with Crippen LogP contribution in [0.4, 0.5) is 0 Å². The number of para-hydroxylation sites is 2. The van der Waals surface area contributed by atoms with E-state index in [1.165, 1.54) is 5.56 Å². The quantitative estimate of drug-likeness (QED) is 0.503. The average molecular weight is 374 g/mol. The van der Waals surface area contributed by atoms with E-state index in [1.807, 2.05) is 48.5 Å². The maximum Gasteiger partial charge on any atom is 0.156 e. The lowest BCUT2D eigenvalue weighted by Gasteiger charge is -2.15. The molecule has 5 rings (SSSR count). The molecule has 0 fully saturated rings. The number of hydrogen-bond donors (Lipinski definition) is 0. The third-order valence-corrected chi connectivity index (χ3v) is 5.48. The van der Waals surface area contributed by atoms with Gasteiger partial charge in [0.2, 0.25) is 0 Å². The van der Waals surface area contributed by atoms with Gasteiger partial charge in [-0.3, -0.25) is 4.40 Å². The molecule has 132 valence electrons. The summed E-state index contributed by atoms with van der Waals surface area (Å²) >= 11 is 5.97. The maximum atomic E-state index is 9.80. The molecule has 2 heterocycles. The lowest BCUT2D eigenvalue weighted by atomic mass is 10.0. The number of ether oxygens (including phenoxy) is 1. The minimum absolute atomic E-state index is 0.423. The van der Waals surface area contributed by atoms with E-state index < -0.39 is 0 Å². The fourth-order valence-electron chi connectivity index (χ4n) is 4.03. The van der Waals surface area contributed by atoms with E-state index in [1.54, 1.807) is 0 Å². The third kappa shape index (κ3) is 2.55. The van der Waals surface area contributed by atoms with Gasteiger partial charge in [-0.25, -0.2) is 4.98 Å². The second kappa shape index (κ2) is 6.29. The number of nitriles is 1. The topological polar surface area (TPSA) is 50.3 Å². The van der Waals surface area contributed by atoms with Crippen molar-refractivity contribution in [2.45, 2.75) is 25.9 Å². The normalized spacial score (nSPS) is 13.0. The van der Waals surface area contributed by atoms with Crippen LogP contribution in [0, 0.1) is 11.3 Å². The van der Waals surface area contributed by atoms with Gasteiger partial charge in [0.05, 0.1) is 22.3 Å². The predicted molar refractivity (Wildman–Crippen MR) is 105 cm³/mol. The van der Waals surface area contributed by atoms with Crippen LogP contribution in [0.15, 0.2) is 48.5 Å². The minimum atomic E-state index is 0.423. The Morgan fingerprint density at radius 1 is 1.07 bits per heavy atom. The fourth-order valence-corrected chi connectivity index (χ4v) is 4.15. The molecule has 0 radical (unpaired) electrons. The SMILES string of the molecule is N#Cc1c2c(c(COc3ccc(Cl)cc3)n3c1nc1ccccc13)CCC2. The number of nitrogens with zero attached hydrogens (tertiary/aromatic N) is 3. The molecule has 0 saturated heterocycles. The first-order valence-corrected chi connectivity index (χ1v) is 9.36. The second-order valence-electron chi connectivity index (χ2n) is 6.75. The van der Waals surface area contributed by atoms with Crippen molar-refractivity contribution < 1.29 is 4.74 Å². The molecular formula is C22H16ClN3O. The highest BCUT2D eigenvalue weighted by Crippen LogP contribution is 2.34. The molecule has 4 nitrogen and oxygen atoms in total. The molecule has 1 aliphatic carbocycles. The van der Waals surface area contributed by atoms with Gasteiger partial charge in [0, 0.05) is 5.02 Å². The number of fused-ring (bicyclic) bond motifs is 4. The zero-order chi connectivity index (χ0) is 18.4. The van der Waals surface area contributed by atoms with Gasteiger partial charge >= 0.3 is 0 Å². The number of imidazole rings is 1. The van der Waals surface area contributed by atoms with Crippen molar-refractivity contribution in [2.24, 2.45) is 0 Å². The van der Waals surface area contributed by atoms with E-state index in [9.17, 15) is 5.26 Å². The van der Waals surface area contributed by atoms with E-state index in [0.717, 1.165) is 52.9 Å². The molecule has 0 bridgehead atoms. The molecule has 1 aliphatic rings. The summed E-state index contributed by atoms with van der Waals surface area (Å²) in [6.45, 7) is 0.423. The van der Waals surface area contributed by atoms with Crippen LogP contribution in [-0.4, -0.2) is 9.38 Å². The highest BCUT2D eigenvalue weighted by Gasteiger charge is 2.25. The van der Waals surface area contributed by atoms with Crippen LogP contribution >= 0.6 is 11.6 Å². The van der Waals surface area contributed by atoms with Crippen molar-refractivity contribution in [3.05, 3.63) is 75.9 Å². The summed E-state index contributed by atoms with van der Waals surface area (Å²) in [6, 6.07) is 17.8. The molecule has 0 unspecified atom stereocenters. The Morgan fingerprint density at radius 3 is 2.67 bits per heavy atom. The van der Waals surface area contributed by atoms with Gasteiger partial charge in [-0.2, -0.15) is 5.26 Å². The van der Waals surface area contributed by atoms with Crippen molar-refractivity contribution in [1.29, 1.82) is 5.26 Å². The van der Waals surface area contributed by atoms with Crippen molar-refractivity contribution >= 4 is 28.3 Å². The summed E-state index contributed by atoms with van der Waals surface area (Å²) in [5.41, 5.74) is 6.79. The molecule has 2 aromatic carbocycles. The molecule has 0 N–H and O–H groups in total. The highest BCUT2D eigenvalue weighted by atomic mass is 35.5. The number of benzene rings is 2. The van der Waals surface area contributed by atoms with Crippen molar-refractivity contribution in [3.63, 3.8) is 0 Å². The Bertz CT molecular complexity index is 1220. The van der Waals surface area contributed by atoms with E-state index in [2.05, 4.69) is 10.5 Å². The molecule has 0 amide bonds. The predicted octanol–water partition coefficient (Wildman–Crippen LogP) is 5.08. The molecule has 2 aromatic heterocycles. The van der Waals surface area contributed by atoms with Crippen molar-refractivity contribution in [2.75, 3.05) is 0 Å². The minimum Gasteiger partial charge on any atom is -0.487 e. The smallest absolute Gasteiger partial charge is 0.156 e. The largest absolute Gasteiger partial charge is 0.487 e. The first kappa shape index (κ1) is 16.2. The zero-order valence-electron chi connectivity index (χ0n) is 14.6. The number of pyridine rings is 1. The van der Waals surface area contributed by atoms with Gasteiger partial charge in [-0.1, -0.05) is 23.7 Å². The summed E-state index contributed by atoms with van der Waals surface area (Å²) in [6.07, 6.45) is 2.95. The Kier molecular flexibility index (Phi) is 3.77. The fraction of sp³-hybridized carbons (Fsp3) is 0.182. The third-order valence-electron chi connectivity index (χ3n) is 5.22. The standard InChI is InChI=1S/C22H16ClN3O/c23-14-8-10-15(11-9-14)27-13-21-17-5-3-4-16(17)18(12-24)22-25-19-6-1-2-7-20(19)26(21)22/h1-2,6-11H,3-5,13H2. The van der Waals surface area contributed by atoms with Crippen LogP contribution in [0.25, 0.3) is 16.7 Å². The van der Waals surface area contributed by atoms with Crippen LogP contribution in [-0.2, 0) is 19.4 Å². The molecule has 0 atom stereocenters. The molecule has 4 aromatic rings. The number of hydrogen-bond acceptors (Lipinski definition) is 3. The van der Waals surface area contributed by atoms with E-state index in [-0.39, 0.29) is 0 Å². The van der Waals surface area contributed by atoms with Crippen LogP contribution in [0.5, 0.6) is 5.75 Å². The first-order chi connectivity index (χ1) is 13.3. The Balaban J connectivity index is 1.72. The summed E-state index contributed by atoms with van der Waals surface area (Å²) < 4.78 is 8.19. The maximum absolute atomic E-state index is 9.80. The highest BCUT2D eigenvalue weighted by molar-refractivity contribution is 6.30. The summed E-state index contributed by atoms with van der Waals surface area (Å²) in [4.78, 5) is 4.76. The van der Waals surface area contributed by atoms with E-state index in [4.69, 9.17) is 21.3 Å². The van der Waals surface area contributed by atoms with Gasteiger partial charge < -0.3 is 4.74 Å². The number of halogens is 1. The van der Waals surface area contributed by atoms with Gasteiger partial charge in [-0.05, 0) is 66.8 Å². The number of aromatic nitrogens is 2. The molecule has 27 heavy (non-hydrogen) atoms. The van der Waals surface area contributed by atoms with Gasteiger partial charge in [0.15, 0.2) is 5.65 Å². The van der Waals surface area contributed by atoms with Gasteiger partial charge in [-0.15, -0.1) is 0 Å². The zero-order valence-corrected chi connectivity index (χ0v) is 15.3. The summed E-state index contributed by atoms with van der Waals surface area (Å²) in [5, 5.41) is 10.5. The summed E-state index contributed by atoms with van der Waals surface area (Å²) in [7, 11) is 0. The molecule has 0 saturated carbocycles. The van der Waals surface area contributed by atoms with E-state index in [0.29, 0.717) is 17.2 Å². The lowest BCUT2D eigenvalue weighted by molar-refractivity contribution is 0.299. The monoisotopic (exact) mass is 373 g/mol. The average Bonchev–Trinajstić information content (AvgIpc) is 3.31. The Morgan fingerprint density at radius 2 is 1.85 bits per heavy atom.